The Morgan fingerprint density at radius 2 is 1.78 bits per heavy atom. The molecule has 4 heterocycles. The van der Waals surface area contributed by atoms with Gasteiger partial charge in [-0.05, 0) is 0 Å². The molecule has 4 bridgehead atoms. The summed E-state index contributed by atoms with van der Waals surface area (Å²) in [5.74, 6) is -1.06. The smallest absolute Gasteiger partial charge is 0.189 e. The maximum atomic E-state index is 11.1. The minimum atomic E-state index is -1.69. The van der Waals surface area contributed by atoms with Crippen LogP contribution in [0.15, 0.2) is 0 Å². The first-order valence-electron chi connectivity index (χ1n) is 8.98. The molecule has 2 unspecified atom stereocenters. The van der Waals surface area contributed by atoms with Gasteiger partial charge in [-0.25, -0.2) is 0 Å². The second-order valence-corrected chi connectivity index (χ2v) is 7.64. The highest BCUT2D eigenvalue weighted by Gasteiger charge is 2.68. The number of aliphatic hydroxyl groups is 6. The Bertz CT molecular complexity index is 546. The zero-order chi connectivity index (χ0) is 19.5. The van der Waals surface area contributed by atoms with E-state index < -0.39 is 73.6 Å². The van der Waals surface area contributed by atoms with Gasteiger partial charge in [-0.15, -0.1) is 0 Å². The van der Waals surface area contributed by atoms with E-state index >= 15 is 0 Å². The monoisotopic (exact) mass is 394 g/mol. The Kier molecular flexibility index (Phi) is 5.23. The van der Waals surface area contributed by atoms with Crippen LogP contribution in [0.2, 0.25) is 0 Å². The molecule has 5 fully saturated rings. The molecule has 5 rings (SSSR count). The number of hydrogen-bond acceptors (Lipinski definition) is 11. The van der Waals surface area contributed by atoms with Crippen molar-refractivity contribution in [2.24, 2.45) is 11.8 Å². The van der Waals surface area contributed by atoms with Gasteiger partial charge in [-0.2, -0.15) is 0 Å². The molecule has 0 aromatic rings. The van der Waals surface area contributed by atoms with Gasteiger partial charge in [0.15, 0.2) is 18.9 Å². The molecule has 4 saturated heterocycles. The van der Waals surface area contributed by atoms with Gasteiger partial charge in [0.25, 0.3) is 0 Å². The Hall–Kier alpha value is -0.440. The Morgan fingerprint density at radius 1 is 1.04 bits per heavy atom. The van der Waals surface area contributed by atoms with Crippen LogP contribution in [-0.2, 0) is 23.7 Å². The molecule has 4 aliphatic heterocycles. The lowest BCUT2D eigenvalue weighted by molar-refractivity contribution is -0.371. The van der Waals surface area contributed by atoms with Crippen molar-refractivity contribution < 1.29 is 54.3 Å². The average molecular weight is 394 g/mol. The fourth-order valence-electron chi connectivity index (χ4n) is 4.77. The van der Waals surface area contributed by atoms with Gasteiger partial charge in [-0.3, -0.25) is 0 Å². The minimum absolute atomic E-state index is 0.172. The fourth-order valence-corrected chi connectivity index (χ4v) is 4.77. The highest BCUT2D eigenvalue weighted by Crippen LogP contribution is 2.53. The van der Waals surface area contributed by atoms with Crippen LogP contribution in [0.25, 0.3) is 0 Å². The number of aliphatic hydroxyl groups excluding tert-OH is 5. The van der Waals surface area contributed by atoms with E-state index in [4.69, 9.17) is 23.7 Å². The quantitative estimate of drug-likeness (QED) is 0.277. The van der Waals surface area contributed by atoms with Gasteiger partial charge < -0.3 is 54.3 Å². The van der Waals surface area contributed by atoms with Crippen molar-refractivity contribution in [2.45, 2.75) is 67.5 Å². The number of ether oxygens (including phenoxy) is 5. The molecule has 0 spiro atoms. The Morgan fingerprint density at radius 3 is 2.44 bits per heavy atom. The third-order valence-corrected chi connectivity index (χ3v) is 6.22. The van der Waals surface area contributed by atoms with Crippen molar-refractivity contribution in [1.82, 2.24) is 0 Å². The zero-order valence-corrected chi connectivity index (χ0v) is 14.7. The molecule has 12 atom stereocenters. The molecule has 11 nitrogen and oxygen atoms in total. The molecular weight excluding hydrogens is 368 g/mol. The fraction of sp³-hybridized carbons (Fsp3) is 1.00. The summed E-state index contributed by atoms with van der Waals surface area (Å²) in [5.41, 5.74) is -1.69. The highest BCUT2D eigenvalue weighted by atomic mass is 16.8. The van der Waals surface area contributed by atoms with Crippen LogP contribution in [0.1, 0.15) is 6.42 Å². The first kappa shape index (κ1) is 19.9. The Labute approximate surface area is 155 Å². The molecular formula is C16H26O11. The maximum absolute atomic E-state index is 11.1. The van der Waals surface area contributed by atoms with Gasteiger partial charge in [0.05, 0.1) is 19.3 Å². The summed E-state index contributed by atoms with van der Waals surface area (Å²) in [6, 6.07) is 0. The van der Waals surface area contributed by atoms with Crippen LogP contribution >= 0.6 is 0 Å². The van der Waals surface area contributed by atoms with Crippen LogP contribution < -0.4 is 0 Å². The third kappa shape index (κ3) is 2.93. The summed E-state index contributed by atoms with van der Waals surface area (Å²) in [4.78, 5) is 0. The summed E-state index contributed by atoms with van der Waals surface area (Å²) in [5, 5.41) is 60.9. The van der Waals surface area contributed by atoms with Gasteiger partial charge in [0.1, 0.15) is 36.1 Å². The van der Waals surface area contributed by atoms with Crippen LogP contribution in [0.5, 0.6) is 0 Å². The molecule has 6 N–H and O–H groups in total. The summed E-state index contributed by atoms with van der Waals surface area (Å²) >= 11 is 0. The first-order chi connectivity index (χ1) is 12.8. The van der Waals surface area contributed by atoms with Crippen molar-refractivity contribution >= 4 is 0 Å². The molecule has 27 heavy (non-hydrogen) atoms. The molecule has 11 heteroatoms. The van der Waals surface area contributed by atoms with Crippen LogP contribution in [-0.4, -0.2) is 112 Å². The van der Waals surface area contributed by atoms with E-state index in [-0.39, 0.29) is 12.5 Å². The molecule has 0 aromatic carbocycles. The molecule has 0 radical (unpaired) electrons. The summed E-state index contributed by atoms with van der Waals surface area (Å²) in [6.45, 7) is -0.767. The van der Waals surface area contributed by atoms with Gasteiger partial charge in [0.2, 0.25) is 0 Å². The topological polar surface area (TPSA) is 168 Å². The van der Waals surface area contributed by atoms with Crippen LogP contribution in [0.4, 0.5) is 0 Å². The molecule has 5 aliphatic rings. The first-order valence-corrected chi connectivity index (χ1v) is 8.98. The van der Waals surface area contributed by atoms with E-state index in [1.165, 1.54) is 7.11 Å². The minimum Gasteiger partial charge on any atom is -0.394 e. The van der Waals surface area contributed by atoms with Crippen molar-refractivity contribution in [3.05, 3.63) is 0 Å². The van der Waals surface area contributed by atoms with E-state index in [1.54, 1.807) is 0 Å². The lowest BCUT2D eigenvalue weighted by Gasteiger charge is -2.44. The average Bonchev–Trinajstić information content (AvgIpc) is 2.76. The standard InChI is InChI=1S/C16H26O11/c1-23-12-5-2-7-24-4-16(22,13(12)21)8(5)14(26-7)27-15-11(20)10(19)9(18)6(3-17)25-15/h5-15,17-22H,2-4H2,1H3/t5?,6-,7-,8?,9-,10+,11-,12+,13-,14+,15+,16+/m1/s1. The largest absolute Gasteiger partial charge is 0.394 e. The van der Waals surface area contributed by atoms with E-state index in [1.807, 2.05) is 0 Å². The van der Waals surface area contributed by atoms with E-state index in [0.717, 1.165) is 0 Å². The second kappa shape index (κ2) is 7.11. The molecule has 1 aliphatic carbocycles. The Balaban J connectivity index is 1.58. The number of methoxy groups -OCH3 is 1. The summed E-state index contributed by atoms with van der Waals surface area (Å²) in [6.07, 6.45) is -10.6. The molecule has 156 valence electrons. The van der Waals surface area contributed by atoms with E-state index in [2.05, 4.69) is 0 Å². The third-order valence-electron chi connectivity index (χ3n) is 6.22. The van der Waals surface area contributed by atoms with Crippen molar-refractivity contribution in [3.8, 4) is 0 Å². The number of hydrogen-bond donors (Lipinski definition) is 6. The SMILES string of the molecule is CO[C@H]1C2C[C@@H]3OC[C@](O)(C2[C@H](O[C@@H]2O[C@H](CO)[C@@H](O)[C@H](O)[C@H]2O)O3)[C@@H]1O. The molecule has 1 saturated carbocycles. The lowest BCUT2D eigenvalue weighted by Crippen LogP contribution is -2.61. The van der Waals surface area contributed by atoms with E-state index in [9.17, 15) is 30.6 Å². The zero-order valence-electron chi connectivity index (χ0n) is 14.7. The maximum Gasteiger partial charge on any atom is 0.189 e. The second-order valence-electron chi connectivity index (χ2n) is 7.64. The predicted octanol–water partition coefficient (Wildman–Crippen LogP) is -3.74. The predicted molar refractivity (Wildman–Crippen MR) is 82.8 cm³/mol. The molecule has 0 amide bonds. The lowest BCUT2D eigenvalue weighted by atomic mass is 9.82. The van der Waals surface area contributed by atoms with E-state index in [0.29, 0.717) is 6.42 Å². The van der Waals surface area contributed by atoms with Gasteiger partial charge >= 0.3 is 0 Å². The van der Waals surface area contributed by atoms with Gasteiger partial charge in [0, 0.05) is 25.4 Å². The van der Waals surface area contributed by atoms with Gasteiger partial charge in [-0.1, -0.05) is 0 Å². The summed E-state index contributed by atoms with van der Waals surface area (Å²) in [7, 11) is 1.44. The number of fused-ring (bicyclic) bond motifs is 2. The van der Waals surface area contributed by atoms with Crippen molar-refractivity contribution in [1.29, 1.82) is 0 Å². The van der Waals surface area contributed by atoms with Crippen LogP contribution in [0, 0.1) is 11.8 Å². The number of rotatable bonds is 4. The van der Waals surface area contributed by atoms with Crippen molar-refractivity contribution in [3.63, 3.8) is 0 Å². The normalized spacial score (nSPS) is 57.7. The highest BCUT2D eigenvalue weighted by molar-refractivity contribution is 5.13. The summed E-state index contributed by atoms with van der Waals surface area (Å²) < 4.78 is 27.7. The van der Waals surface area contributed by atoms with Crippen LogP contribution in [0.3, 0.4) is 0 Å². The van der Waals surface area contributed by atoms with Crippen molar-refractivity contribution in [2.75, 3.05) is 20.3 Å². The molecule has 0 aromatic heterocycles.